The molecule has 0 spiro atoms. The highest BCUT2D eigenvalue weighted by Crippen LogP contribution is 2.30. The SMILES string of the molecule is COc1ccc(/C(C)=C/C(=O)NC2CCCCC2C)c(OC)c1. The van der Waals surface area contributed by atoms with Crippen molar-refractivity contribution in [1.29, 1.82) is 0 Å². The second kappa shape index (κ2) is 8.04. The molecule has 126 valence electrons. The smallest absolute Gasteiger partial charge is 0.244 e. The molecule has 23 heavy (non-hydrogen) atoms. The molecular formula is C19H27NO3. The number of rotatable bonds is 5. The van der Waals surface area contributed by atoms with E-state index < -0.39 is 0 Å². The van der Waals surface area contributed by atoms with Gasteiger partial charge in [0.05, 0.1) is 14.2 Å². The Kier molecular flexibility index (Phi) is 6.08. The number of methoxy groups -OCH3 is 2. The lowest BCUT2D eigenvalue weighted by atomic mass is 9.86. The van der Waals surface area contributed by atoms with Gasteiger partial charge in [-0.1, -0.05) is 19.8 Å². The maximum Gasteiger partial charge on any atom is 0.244 e. The van der Waals surface area contributed by atoms with E-state index in [1.165, 1.54) is 19.3 Å². The first-order valence-corrected chi connectivity index (χ1v) is 8.26. The number of ether oxygens (including phenoxy) is 2. The molecule has 0 bridgehead atoms. The van der Waals surface area contributed by atoms with Crippen LogP contribution in [0.2, 0.25) is 0 Å². The number of benzene rings is 1. The zero-order chi connectivity index (χ0) is 16.8. The molecule has 1 aliphatic rings. The standard InChI is InChI=1S/C19H27NO3/c1-13-7-5-6-8-17(13)20-19(21)11-14(2)16-10-9-15(22-3)12-18(16)23-4/h9-13,17H,5-8H2,1-4H3,(H,20,21)/b14-11+. The van der Waals surface area contributed by atoms with Crippen molar-refractivity contribution >= 4 is 11.5 Å². The third-order valence-electron chi connectivity index (χ3n) is 4.62. The largest absolute Gasteiger partial charge is 0.497 e. The summed E-state index contributed by atoms with van der Waals surface area (Å²) in [6.07, 6.45) is 6.40. The van der Waals surface area contributed by atoms with Crippen LogP contribution in [-0.4, -0.2) is 26.2 Å². The van der Waals surface area contributed by atoms with Crippen molar-refractivity contribution in [3.05, 3.63) is 29.8 Å². The second-order valence-electron chi connectivity index (χ2n) is 6.27. The maximum atomic E-state index is 12.3. The number of nitrogens with one attached hydrogen (secondary N) is 1. The maximum absolute atomic E-state index is 12.3. The molecule has 1 saturated carbocycles. The van der Waals surface area contributed by atoms with Crippen molar-refractivity contribution in [2.24, 2.45) is 5.92 Å². The molecule has 0 radical (unpaired) electrons. The molecule has 0 aromatic heterocycles. The van der Waals surface area contributed by atoms with Crippen LogP contribution in [0.5, 0.6) is 11.5 Å². The van der Waals surface area contributed by atoms with Gasteiger partial charge in [0.25, 0.3) is 0 Å². The first-order chi connectivity index (χ1) is 11.0. The van der Waals surface area contributed by atoms with Gasteiger partial charge in [0.2, 0.25) is 5.91 Å². The summed E-state index contributed by atoms with van der Waals surface area (Å²) < 4.78 is 10.6. The Morgan fingerprint density at radius 2 is 1.96 bits per heavy atom. The summed E-state index contributed by atoms with van der Waals surface area (Å²) in [5.41, 5.74) is 1.78. The summed E-state index contributed by atoms with van der Waals surface area (Å²) >= 11 is 0. The fourth-order valence-electron chi connectivity index (χ4n) is 3.15. The zero-order valence-corrected chi connectivity index (χ0v) is 14.5. The van der Waals surface area contributed by atoms with Crippen molar-refractivity contribution < 1.29 is 14.3 Å². The first-order valence-electron chi connectivity index (χ1n) is 8.26. The molecule has 1 aromatic carbocycles. The van der Waals surface area contributed by atoms with E-state index in [1.54, 1.807) is 20.3 Å². The van der Waals surface area contributed by atoms with Crippen molar-refractivity contribution in [3.63, 3.8) is 0 Å². The molecular weight excluding hydrogens is 290 g/mol. The van der Waals surface area contributed by atoms with Crippen LogP contribution in [0.4, 0.5) is 0 Å². The molecule has 2 rings (SSSR count). The van der Waals surface area contributed by atoms with Gasteiger partial charge in [0.1, 0.15) is 11.5 Å². The topological polar surface area (TPSA) is 47.6 Å². The Labute approximate surface area is 138 Å². The Morgan fingerprint density at radius 3 is 2.61 bits per heavy atom. The lowest BCUT2D eigenvalue weighted by molar-refractivity contribution is -0.117. The molecule has 1 fully saturated rings. The molecule has 2 unspecified atom stereocenters. The number of carbonyl (C=O) groups excluding carboxylic acids is 1. The number of hydrogen-bond donors (Lipinski definition) is 1. The van der Waals surface area contributed by atoms with Crippen molar-refractivity contribution in [2.45, 2.75) is 45.6 Å². The molecule has 4 nitrogen and oxygen atoms in total. The number of amides is 1. The van der Waals surface area contributed by atoms with Gasteiger partial charge in [-0.25, -0.2) is 0 Å². The summed E-state index contributed by atoms with van der Waals surface area (Å²) in [4.78, 5) is 12.3. The molecule has 2 atom stereocenters. The Morgan fingerprint density at radius 1 is 1.22 bits per heavy atom. The van der Waals surface area contributed by atoms with E-state index in [9.17, 15) is 4.79 Å². The average molecular weight is 317 g/mol. The van der Waals surface area contributed by atoms with E-state index in [-0.39, 0.29) is 11.9 Å². The number of carbonyl (C=O) groups is 1. The molecule has 0 saturated heterocycles. The predicted octanol–water partition coefficient (Wildman–Crippen LogP) is 3.80. The molecule has 0 aliphatic heterocycles. The van der Waals surface area contributed by atoms with Gasteiger partial charge in [0.15, 0.2) is 0 Å². The fourth-order valence-corrected chi connectivity index (χ4v) is 3.15. The van der Waals surface area contributed by atoms with E-state index in [1.807, 2.05) is 25.1 Å². The van der Waals surface area contributed by atoms with Gasteiger partial charge in [0, 0.05) is 23.7 Å². The molecule has 4 heteroatoms. The minimum Gasteiger partial charge on any atom is -0.497 e. The van der Waals surface area contributed by atoms with Crippen LogP contribution in [0.15, 0.2) is 24.3 Å². The predicted molar refractivity (Wildman–Crippen MR) is 92.8 cm³/mol. The highest BCUT2D eigenvalue weighted by atomic mass is 16.5. The third-order valence-corrected chi connectivity index (χ3v) is 4.62. The zero-order valence-electron chi connectivity index (χ0n) is 14.5. The molecule has 0 heterocycles. The van der Waals surface area contributed by atoms with E-state index in [2.05, 4.69) is 12.2 Å². The summed E-state index contributed by atoms with van der Waals surface area (Å²) in [5.74, 6) is 1.96. The number of hydrogen-bond acceptors (Lipinski definition) is 3. The van der Waals surface area contributed by atoms with Gasteiger partial charge in [-0.15, -0.1) is 0 Å². The van der Waals surface area contributed by atoms with Crippen LogP contribution in [0.25, 0.3) is 5.57 Å². The summed E-state index contributed by atoms with van der Waals surface area (Å²) in [5, 5.41) is 3.15. The molecule has 1 aromatic rings. The lowest BCUT2D eigenvalue weighted by Gasteiger charge is -2.29. The van der Waals surface area contributed by atoms with Gasteiger partial charge >= 0.3 is 0 Å². The minimum atomic E-state index is -0.0286. The summed E-state index contributed by atoms with van der Waals surface area (Å²) in [6, 6.07) is 5.91. The minimum absolute atomic E-state index is 0.0286. The summed E-state index contributed by atoms with van der Waals surface area (Å²) in [6.45, 7) is 4.14. The highest BCUT2D eigenvalue weighted by Gasteiger charge is 2.22. The van der Waals surface area contributed by atoms with Crippen LogP contribution >= 0.6 is 0 Å². The van der Waals surface area contributed by atoms with Crippen LogP contribution in [0, 0.1) is 5.92 Å². The van der Waals surface area contributed by atoms with Gasteiger partial charge in [-0.3, -0.25) is 4.79 Å². The quantitative estimate of drug-likeness (QED) is 0.840. The van der Waals surface area contributed by atoms with Crippen molar-refractivity contribution in [2.75, 3.05) is 14.2 Å². The highest BCUT2D eigenvalue weighted by molar-refractivity contribution is 5.95. The van der Waals surface area contributed by atoms with E-state index in [0.29, 0.717) is 11.7 Å². The normalized spacial score (nSPS) is 21.7. The van der Waals surface area contributed by atoms with Gasteiger partial charge < -0.3 is 14.8 Å². The van der Waals surface area contributed by atoms with Gasteiger partial charge in [-0.2, -0.15) is 0 Å². The van der Waals surface area contributed by atoms with E-state index >= 15 is 0 Å². The van der Waals surface area contributed by atoms with Crippen molar-refractivity contribution in [3.8, 4) is 11.5 Å². The van der Waals surface area contributed by atoms with Crippen LogP contribution < -0.4 is 14.8 Å². The second-order valence-corrected chi connectivity index (χ2v) is 6.27. The van der Waals surface area contributed by atoms with Crippen LogP contribution in [0.3, 0.4) is 0 Å². The fraction of sp³-hybridized carbons (Fsp3) is 0.526. The van der Waals surface area contributed by atoms with Crippen LogP contribution in [-0.2, 0) is 4.79 Å². The molecule has 1 amide bonds. The Bertz CT molecular complexity index is 580. The summed E-state index contributed by atoms with van der Waals surface area (Å²) in [7, 11) is 3.24. The first kappa shape index (κ1) is 17.4. The van der Waals surface area contributed by atoms with E-state index in [4.69, 9.17) is 9.47 Å². The Hall–Kier alpha value is -1.97. The van der Waals surface area contributed by atoms with Crippen LogP contribution in [0.1, 0.15) is 45.1 Å². The van der Waals surface area contributed by atoms with Gasteiger partial charge in [-0.05, 0) is 43.4 Å². The van der Waals surface area contributed by atoms with Crippen molar-refractivity contribution in [1.82, 2.24) is 5.32 Å². The van der Waals surface area contributed by atoms with E-state index in [0.717, 1.165) is 23.3 Å². The lowest BCUT2D eigenvalue weighted by Crippen LogP contribution is -2.40. The molecule has 1 N–H and O–H groups in total. The monoisotopic (exact) mass is 317 g/mol. The third kappa shape index (κ3) is 4.50. The Balaban J connectivity index is 2.10. The average Bonchev–Trinajstić information content (AvgIpc) is 2.56. The number of allylic oxidation sites excluding steroid dienone is 1. The molecule has 1 aliphatic carbocycles.